The minimum Gasteiger partial charge on any atom is -0.491 e. The van der Waals surface area contributed by atoms with Gasteiger partial charge in [0, 0.05) is 29.8 Å². The van der Waals surface area contributed by atoms with Crippen LogP contribution < -0.4 is 15.4 Å². The van der Waals surface area contributed by atoms with Gasteiger partial charge in [-0.05, 0) is 46.5 Å². The summed E-state index contributed by atoms with van der Waals surface area (Å²) in [6.07, 6.45) is -1.72. The number of nitrogens with zero attached hydrogens (tertiary/aromatic N) is 1. The van der Waals surface area contributed by atoms with Crippen LogP contribution in [0.25, 0.3) is 0 Å². The highest BCUT2D eigenvalue weighted by Gasteiger charge is 2.74. The van der Waals surface area contributed by atoms with Crippen LogP contribution in [0.4, 0.5) is 5.69 Å². The monoisotopic (exact) mass is 777 g/mol. The fourth-order valence-corrected chi connectivity index (χ4v) is 8.96. The van der Waals surface area contributed by atoms with Gasteiger partial charge in [0.1, 0.15) is 29.9 Å². The summed E-state index contributed by atoms with van der Waals surface area (Å²) in [4.78, 5) is 47.6. The van der Waals surface area contributed by atoms with Crippen LogP contribution in [-0.4, -0.2) is 70.4 Å². The van der Waals surface area contributed by atoms with E-state index in [0.717, 1.165) is 11.1 Å². The van der Waals surface area contributed by atoms with E-state index in [1.165, 1.54) is 0 Å². The van der Waals surface area contributed by atoms with Gasteiger partial charge in [0.05, 0.1) is 37.3 Å². The Morgan fingerprint density at radius 3 is 2.22 bits per heavy atom. The van der Waals surface area contributed by atoms with Gasteiger partial charge in [-0.2, -0.15) is 0 Å². The second kappa shape index (κ2) is 16.7. The number of morpholine rings is 1. The standard InChI is InChI=1S/C47H43N3O8/c51-25-13-12-14-30-23-24-36-35(28-30)47(46(56)49-36)39(44(54)48-29-37(53)31-15-4-1-5-16-31)41-45(55)58-42(33-19-8-3-9-20-33)40(32-17-6-2-7-18-32)50(41)43(47)34-21-10-11-22-38(34)57-27-26-52/h1-11,15-24,28,37,39-43,51-53H,13,25-27,29H2,(H,48,54)(H,49,56)/t37-,39-,40-,41-,42+,43+,47-/m0/s1. The van der Waals surface area contributed by atoms with Crippen molar-refractivity contribution < 1.29 is 39.2 Å². The zero-order chi connectivity index (χ0) is 40.2. The first-order valence-electron chi connectivity index (χ1n) is 19.3. The summed E-state index contributed by atoms with van der Waals surface area (Å²) in [6.45, 7) is -0.660. The molecule has 3 aliphatic heterocycles. The molecule has 11 heteroatoms. The SMILES string of the molecule is O=C1O[C@H](c2ccccc2)[C@H](c2ccccc2)N2[C@H]1[C@@H](C(=O)NC[C@H](O)c1ccccc1)[C@]1(C(=O)Nc3ccc(C#CCCO)cc31)[C@H]2c1ccccc1OCCO. The molecule has 0 saturated carbocycles. The predicted molar refractivity (Wildman–Crippen MR) is 215 cm³/mol. The number of nitrogens with one attached hydrogen (secondary N) is 2. The number of rotatable bonds is 11. The molecule has 5 aromatic rings. The molecule has 0 aliphatic carbocycles. The first-order valence-corrected chi connectivity index (χ1v) is 19.3. The molecule has 7 atom stereocenters. The molecule has 2 amide bonds. The molecule has 0 radical (unpaired) electrons. The molecule has 3 heterocycles. The van der Waals surface area contributed by atoms with E-state index in [2.05, 4.69) is 22.5 Å². The molecule has 2 saturated heterocycles. The summed E-state index contributed by atoms with van der Waals surface area (Å²) in [7, 11) is 0. The van der Waals surface area contributed by atoms with Gasteiger partial charge >= 0.3 is 5.97 Å². The van der Waals surface area contributed by atoms with E-state index in [0.29, 0.717) is 33.7 Å². The van der Waals surface area contributed by atoms with E-state index in [9.17, 15) is 15.3 Å². The molecule has 3 aliphatic rings. The van der Waals surface area contributed by atoms with Gasteiger partial charge in [0.25, 0.3) is 0 Å². The highest BCUT2D eigenvalue weighted by Crippen LogP contribution is 2.65. The number of hydrogen-bond donors (Lipinski definition) is 5. The van der Waals surface area contributed by atoms with Gasteiger partial charge < -0.3 is 35.4 Å². The number of aliphatic hydroxyl groups excluding tert-OH is 3. The number of amides is 2. The lowest BCUT2D eigenvalue weighted by Gasteiger charge is -2.46. The smallest absolute Gasteiger partial charge is 0.324 e. The Bertz CT molecular complexity index is 2350. The van der Waals surface area contributed by atoms with Gasteiger partial charge in [0.15, 0.2) is 0 Å². The number of anilines is 1. The number of fused-ring (bicyclic) bond motifs is 3. The number of benzene rings is 5. The van der Waals surface area contributed by atoms with Crippen molar-refractivity contribution in [3.05, 3.63) is 167 Å². The first-order chi connectivity index (χ1) is 28.4. The molecule has 5 aromatic carbocycles. The van der Waals surface area contributed by atoms with Crippen LogP contribution >= 0.6 is 0 Å². The van der Waals surface area contributed by atoms with Crippen LogP contribution in [-0.2, 0) is 24.5 Å². The van der Waals surface area contributed by atoms with Crippen LogP contribution in [0.15, 0.2) is 133 Å². The zero-order valence-corrected chi connectivity index (χ0v) is 31.5. The van der Waals surface area contributed by atoms with Crippen LogP contribution in [0.5, 0.6) is 5.75 Å². The first kappa shape index (κ1) is 38.6. The van der Waals surface area contributed by atoms with Crippen molar-refractivity contribution in [3.8, 4) is 17.6 Å². The Labute approximate surface area is 336 Å². The highest BCUT2D eigenvalue weighted by molar-refractivity contribution is 6.12. The van der Waals surface area contributed by atoms with E-state index >= 15 is 14.4 Å². The molecule has 8 rings (SSSR count). The summed E-state index contributed by atoms with van der Waals surface area (Å²) in [5.74, 6) is 3.15. The third-order valence-electron chi connectivity index (χ3n) is 11.3. The Hall–Kier alpha value is -6.29. The molecule has 11 nitrogen and oxygen atoms in total. The zero-order valence-electron chi connectivity index (χ0n) is 31.5. The molecule has 0 aromatic heterocycles. The topological polar surface area (TPSA) is 158 Å². The summed E-state index contributed by atoms with van der Waals surface area (Å²) in [5.41, 5.74) is 2.23. The van der Waals surface area contributed by atoms with Crippen LogP contribution in [0, 0.1) is 17.8 Å². The third kappa shape index (κ3) is 6.80. The van der Waals surface area contributed by atoms with Crippen LogP contribution in [0.3, 0.4) is 0 Å². The van der Waals surface area contributed by atoms with E-state index in [1.807, 2.05) is 83.8 Å². The van der Waals surface area contributed by atoms with Crippen molar-refractivity contribution in [2.24, 2.45) is 5.92 Å². The lowest BCUT2D eigenvalue weighted by molar-refractivity contribution is -0.178. The molecule has 0 bridgehead atoms. The second-order valence-electron chi connectivity index (χ2n) is 14.5. The largest absolute Gasteiger partial charge is 0.491 e. The number of aliphatic hydroxyl groups is 3. The minimum absolute atomic E-state index is 0.0500. The van der Waals surface area contributed by atoms with Gasteiger partial charge in [-0.25, -0.2) is 0 Å². The number of para-hydroxylation sites is 1. The van der Waals surface area contributed by atoms with Crippen LogP contribution in [0.2, 0.25) is 0 Å². The minimum atomic E-state index is -1.81. The third-order valence-corrected chi connectivity index (χ3v) is 11.3. The lowest BCUT2D eigenvalue weighted by Crippen LogP contribution is -2.55. The van der Waals surface area contributed by atoms with Gasteiger partial charge in [-0.1, -0.05) is 121 Å². The molecular weight excluding hydrogens is 735 g/mol. The normalized spacial score (nSPS) is 23.8. The van der Waals surface area contributed by atoms with Crippen molar-refractivity contribution >= 4 is 23.5 Å². The molecule has 294 valence electrons. The summed E-state index contributed by atoms with van der Waals surface area (Å²) in [5, 5.41) is 36.6. The van der Waals surface area contributed by atoms with Crippen molar-refractivity contribution in [1.82, 2.24) is 10.2 Å². The van der Waals surface area contributed by atoms with E-state index in [1.54, 1.807) is 54.6 Å². The second-order valence-corrected chi connectivity index (χ2v) is 14.5. The van der Waals surface area contributed by atoms with Crippen molar-refractivity contribution in [2.75, 3.05) is 31.7 Å². The van der Waals surface area contributed by atoms with Gasteiger partial charge in [0.2, 0.25) is 11.8 Å². The molecule has 2 fully saturated rings. The Balaban J connectivity index is 1.41. The number of carbonyl (C=O) groups excluding carboxylic acids is 3. The Morgan fingerprint density at radius 1 is 0.845 bits per heavy atom. The maximum Gasteiger partial charge on any atom is 0.324 e. The molecule has 58 heavy (non-hydrogen) atoms. The number of carbonyl (C=O) groups is 3. The summed E-state index contributed by atoms with van der Waals surface area (Å²) >= 11 is 0. The fourth-order valence-electron chi connectivity index (χ4n) is 8.96. The van der Waals surface area contributed by atoms with Crippen LogP contribution in [0.1, 0.15) is 64.1 Å². The highest BCUT2D eigenvalue weighted by atomic mass is 16.6. The number of cyclic esters (lactones) is 1. The molecule has 1 spiro atoms. The van der Waals surface area contributed by atoms with E-state index in [-0.39, 0.29) is 32.8 Å². The van der Waals surface area contributed by atoms with Crippen molar-refractivity contribution in [1.29, 1.82) is 0 Å². The number of ether oxygens (including phenoxy) is 2. The maximum atomic E-state index is 15.4. The van der Waals surface area contributed by atoms with Gasteiger partial charge in [-0.3, -0.25) is 19.3 Å². The molecule has 5 N–H and O–H groups in total. The fraction of sp³-hybridized carbons (Fsp3) is 0.255. The predicted octanol–water partition coefficient (Wildman–Crippen LogP) is 4.91. The van der Waals surface area contributed by atoms with Gasteiger partial charge in [-0.15, -0.1) is 0 Å². The molecule has 0 unspecified atom stereocenters. The average Bonchev–Trinajstić information content (AvgIpc) is 3.74. The summed E-state index contributed by atoms with van der Waals surface area (Å²) < 4.78 is 12.7. The quantitative estimate of drug-likeness (QED) is 0.0929. The maximum absolute atomic E-state index is 15.4. The van der Waals surface area contributed by atoms with E-state index < -0.39 is 59.5 Å². The van der Waals surface area contributed by atoms with Crippen molar-refractivity contribution in [2.45, 2.75) is 42.2 Å². The summed E-state index contributed by atoms with van der Waals surface area (Å²) in [6, 6.07) is 37.2. The average molecular weight is 778 g/mol. The number of esters is 1. The number of hydrogen-bond acceptors (Lipinski definition) is 9. The molecular formula is C47H43N3O8. The van der Waals surface area contributed by atoms with Crippen molar-refractivity contribution in [3.63, 3.8) is 0 Å². The van der Waals surface area contributed by atoms with E-state index in [4.69, 9.17) is 9.47 Å². The Kier molecular flexibility index (Phi) is 11.1. The Morgan fingerprint density at radius 2 is 1.52 bits per heavy atom. The lowest BCUT2D eigenvalue weighted by atomic mass is 9.65.